The van der Waals surface area contributed by atoms with Crippen LogP contribution in [-0.4, -0.2) is 13.2 Å². The van der Waals surface area contributed by atoms with E-state index < -0.39 is 6.09 Å². The molecule has 0 unspecified atom stereocenters. The number of nitrogens with two attached hydrogens (primary N) is 1. The Balaban J connectivity index is -0.0000000267. The highest BCUT2D eigenvalue weighted by atomic mass is 35.5. The summed E-state index contributed by atoms with van der Waals surface area (Å²) in [4.78, 5) is 9.37. The number of primary amides is 1. The van der Waals surface area contributed by atoms with Crippen molar-refractivity contribution in [3.05, 3.63) is 0 Å². The number of amides is 1. The van der Waals surface area contributed by atoms with E-state index in [2.05, 4.69) is 10.5 Å². The van der Waals surface area contributed by atoms with Crippen LogP contribution in [0.4, 0.5) is 4.79 Å². The largest absolute Gasteiger partial charge is 0.453 e. The van der Waals surface area contributed by atoms with E-state index in [1.807, 2.05) is 0 Å². The van der Waals surface area contributed by atoms with Gasteiger partial charge in [-0.15, -0.1) is 37.2 Å². The first-order chi connectivity index (χ1) is 2.27. The monoisotopic (exact) mass is 183 g/mol. The van der Waals surface area contributed by atoms with E-state index in [4.69, 9.17) is 0 Å². The second-order valence-corrected chi connectivity index (χ2v) is 0.523. The minimum atomic E-state index is -0.745. The summed E-state index contributed by atoms with van der Waals surface area (Å²) in [5.41, 5.74) is 4.43. The lowest BCUT2D eigenvalue weighted by molar-refractivity contribution is 0.182. The number of rotatable bonds is 0. The van der Waals surface area contributed by atoms with Gasteiger partial charge in [-0.2, -0.15) is 0 Å². The molecule has 0 spiro atoms. The van der Waals surface area contributed by atoms with E-state index in [1.54, 1.807) is 0 Å². The summed E-state index contributed by atoms with van der Waals surface area (Å²) < 4.78 is 3.89. The van der Waals surface area contributed by atoms with Crippen molar-refractivity contribution in [3.63, 3.8) is 0 Å². The molecule has 0 bridgehead atoms. The van der Waals surface area contributed by atoms with Crippen molar-refractivity contribution in [2.24, 2.45) is 5.73 Å². The smallest absolute Gasteiger partial charge is 0.404 e. The van der Waals surface area contributed by atoms with Gasteiger partial charge in [0.2, 0.25) is 0 Å². The number of carbonyl (C=O) groups is 1. The molecule has 0 saturated heterocycles. The van der Waals surface area contributed by atoms with E-state index in [9.17, 15) is 4.79 Å². The van der Waals surface area contributed by atoms with Crippen molar-refractivity contribution in [1.29, 1.82) is 0 Å². The standard InChI is InChI=1S/C2H5NO2.3ClH/c1-5-2(3)4;;;/h1H3,(H2,3,4);3*1H. The van der Waals surface area contributed by atoms with E-state index in [1.165, 1.54) is 7.11 Å². The molecule has 1 amide bonds. The molecular weight excluding hydrogens is 176 g/mol. The molecule has 0 aliphatic heterocycles. The van der Waals surface area contributed by atoms with Gasteiger partial charge in [0.05, 0.1) is 7.11 Å². The molecule has 3 nitrogen and oxygen atoms in total. The third-order valence-electron chi connectivity index (χ3n) is 0.201. The Morgan fingerprint density at radius 3 is 1.50 bits per heavy atom. The Hall–Kier alpha value is 0.140. The summed E-state index contributed by atoms with van der Waals surface area (Å²) in [7, 11) is 1.22. The molecule has 0 fully saturated rings. The second kappa shape index (κ2) is 15.7. The van der Waals surface area contributed by atoms with Gasteiger partial charge in [0.25, 0.3) is 0 Å². The van der Waals surface area contributed by atoms with Crippen LogP contribution >= 0.6 is 37.2 Å². The van der Waals surface area contributed by atoms with Gasteiger partial charge in [-0.05, 0) is 0 Å². The van der Waals surface area contributed by atoms with Gasteiger partial charge in [-0.25, -0.2) is 4.79 Å². The number of halogens is 3. The molecule has 0 aliphatic rings. The first kappa shape index (κ1) is 24.2. The van der Waals surface area contributed by atoms with Gasteiger partial charge in [0, 0.05) is 0 Å². The van der Waals surface area contributed by atoms with Gasteiger partial charge >= 0.3 is 6.09 Å². The molecule has 0 aromatic carbocycles. The highest BCUT2D eigenvalue weighted by Crippen LogP contribution is 1.55. The molecule has 0 aromatic rings. The highest BCUT2D eigenvalue weighted by molar-refractivity contribution is 5.86. The zero-order chi connectivity index (χ0) is 4.28. The number of carbonyl (C=O) groups excluding carboxylic acids is 1. The maximum Gasteiger partial charge on any atom is 0.404 e. The Kier molecular flexibility index (Phi) is 47.5. The zero-order valence-corrected chi connectivity index (χ0v) is 6.57. The van der Waals surface area contributed by atoms with Crippen molar-refractivity contribution in [1.82, 2.24) is 0 Å². The molecule has 0 rings (SSSR count). The van der Waals surface area contributed by atoms with Crippen molar-refractivity contribution in [2.75, 3.05) is 7.11 Å². The summed E-state index contributed by atoms with van der Waals surface area (Å²) in [6.07, 6.45) is -0.745. The molecule has 54 valence electrons. The molecule has 2 N–H and O–H groups in total. The first-order valence-corrected chi connectivity index (χ1v) is 1.11. The normalized spacial score (nSPS) is 4.12. The Morgan fingerprint density at radius 2 is 1.50 bits per heavy atom. The van der Waals surface area contributed by atoms with Crippen LogP contribution < -0.4 is 5.73 Å². The van der Waals surface area contributed by atoms with Crippen molar-refractivity contribution in [3.8, 4) is 0 Å². The molecule has 0 atom stereocenters. The third kappa shape index (κ3) is 35.4. The zero-order valence-electron chi connectivity index (χ0n) is 4.12. The van der Waals surface area contributed by atoms with Gasteiger partial charge in [-0.3, -0.25) is 0 Å². The fraction of sp³-hybridized carbons (Fsp3) is 0.500. The lowest BCUT2D eigenvalue weighted by atomic mass is 11.3. The van der Waals surface area contributed by atoms with Gasteiger partial charge in [0.1, 0.15) is 0 Å². The Labute approximate surface area is 66.2 Å². The maximum atomic E-state index is 9.37. The van der Waals surface area contributed by atoms with Crippen molar-refractivity contribution < 1.29 is 9.53 Å². The average Bonchev–Trinajstić information content (AvgIpc) is 1.38. The maximum absolute atomic E-state index is 9.37. The van der Waals surface area contributed by atoms with Crippen LogP contribution in [0, 0.1) is 0 Å². The molecule has 6 heteroatoms. The lowest BCUT2D eigenvalue weighted by Crippen LogP contribution is -2.08. The second-order valence-electron chi connectivity index (χ2n) is 0.523. The Morgan fingerprint density at radius 1 is 1.38 bits per heavy atom. The highest BCUT2D eigenvalue weighted by Gasteiger charge is 1.76. The van der Waals surface area contributed by atoms with Crippen LogP contribution in [0.5, 0.6) is 0 Å². The van der Waals surface area contributed by atoms with Crippen LogP contribution in [0.1, 0.15) is 0 Å². The Bertz CT molecular complexity index is 50.5. The van der Waals surface area contributed by atoms with E-state index in [0.29, 0.717) is 0 Å². The van der Waals surface area contributed by atoms with Crippen LogP contribution in [0.15, 0.2) is 0 Å². The minimum Gasteiger partial charge on any atom is -0.453 e. The molecule has 0 aliphatic carbocycles. The first-order valence-electron chi connectivity index (χ1n) is 1.11. The summed E-state index contributed by atoms with van der Waals surface area (Å²) in [5.74, 6) is 0. The molecule has 0 radical (unpaired) electrons. The third-order valence-corrected chi connectivity index (χ3v) is 0.201. The van der Waals surface area contributed by atoms with Crippen LogP contribution in [0.25, 0.3) is 0 Å². The van der Waals surface area contributed by atoms with Crippen molar-refractivity contribution in [2.45, 2.75) is 0 Å². The lowest BCUT2D eigenvalue weighted by Gasteiger charge is -1.81. The fourth-order valence-corrected chi connectivity index (χ4v) is 0. The fourth-order valence-electron chi connectivity index (χ4n) is 0. The van der Waals surface area contributed by atoms with Gasteiger partial charge in [-0.1, -0.05) is 0 Å². The van der Waals surface area contributed by atoms with Crippen LogP contribution in [0.3, 0.4) is 0 Å². The summed E-state index contributed by atoms with van der Waals surface area (Å²) >= 11 is 0. The summed E-state index contributed by atoms with van der Waals surface area (Å²) in [6, 6.07) is 0. The van der Waals surface area contributed by atoms with Gasteiger partial charge < -0.3 is 10.5 Å². The number of ether oxygens (including phenoxy) is 1. The SMILES string of the molecule is COC(N)=O.Cl.Cl.Cl. The predicted molar refractivity (Wildman–Crippen MR) is 38.3 cm³/mol. The number of methoxy groups -OCH3 is 1. The minimum absolute atomic E-state index is 0. The number of hydrogen-bond donors (Lipinski definition) is 1. The average molecular weight is 184 g/mol. The molecule has 8 heavy (non-hydrogen) atoms. The predicted octanol–water partition coefficient (Wildman–Crippen LogP) is 0.977. The van der Waals surface area contributed by atoms with Crippen molar-refractivity contribution >= 4 is 43.3 Å². The molecule has 0 heterocycles. The van der Waals surface area contributed by atoms with Gasteiger partial charge in [0.15, 0.2) is 0 Å². The summed E-state index contributed by atoms with van der Waals surface area (Å²) in [5, 5.41) is 0. The van der Waals surface area contributed by atoms with E-state index in [0.717, 1.165) is 0 Å². The molecule has 0 aromatic heterocycles. The van der Waals surface area contributed by atoms with E-state index >= 15 is 0 Å². The quantitative estimate of drug-likeness (QED) is 0.610. The van der Waals surface area contributed by atoms with E-state index in [-0.39, 0.29) is 37.2 Å². The van der Waals surface area contributed by atoms with Crippen LogP contribution in [-0.2, 0) is 4.74 Å². The number of hydrogen-bond acceptors (Lipinski definition) is 2. The molecular formula is C2H8Cl3NO2. The summed E-state index contributed by atoms with van der Waals surface area (Å²) in [6.45, 7) is 0. The molecule has 0 saturated carbocycles. The van der Waals surface area contributed by atoms with Crippen LogP contribution in [0.2, 0.25) is 0 Å². The topological polar surface area (TPSA) is 52.3 Å².